The van der Waals surface area contributed by atoms with Crippen molar-refractivity contribution in [2.24, 2.45) is 10.4 Å². The second kappa shape index (κ2) is 11.0. The minimum absolute atomic E-state index is 0. The fourth-order valence-corrected chi connectivity index (χ4v) is 5.07. The van der Waals surface area contributed by atoms with E-state index in [0.717, 1.165) is 49.3 Å². The summed E-state index contributed by atoms with van der Waals surface area (Å²) in [4.78, 5) is 4.71. The molecule has 1 aromatic rings. The number of nitrogens with one attached hydrogen (secondary N) is 2. The minimum Gasteiger partial charge on any atom is -0.488 e. The van der Waals surface area contributed by atoms with Gasteiger partial charge in [0.05, 0.1) is 25.5 Å². The zero-order chi connectivity index (χ0) is 20.9. The SMILES string of the molecule is CCNC(=NCc1ccc(C)cc1OC1CCOC1)NCC1(CS(C)(=O)=O)CC1.I. The summed E-state index contributed by atoms with van der Waals surface area (Å²) >= 11 is 0. The Morgan fingerprint density at radius 1 is 1.33 bits per heavy atom. The summed E-state index contributed by atoms with van der Waals surface area (Å²) in [7, 11) is -2.98. The van der Waals surface area contributed by atoms with E-state index in [1.54, 1.807) is 0 Å². The lowest BCUT2D eigenvalue weighted by atomic mass is 10.1. The Morgan fingerprint density at radius 3 is 2.70 bits per heavy atom. The van der Waals surface area contributed by atoms with Gasteiger partial charge in [0.15, 0.2) is 5.96 Å². The van der Waals surface area contributed by atoms with E-state index in [1.807, 2.05) is 13.8 Å². The highest BCUT2D eigenvalue weighted by molar-refractivity contribution is 14.0. The number of ether oxygens (including phenoxy) is 2. The molecular formula is C21H34IN3O4S. The van der Waals surface area contributed by atoms with Gasteiger partial charge >= 0.3 is 0 Å². The van der Waals surface area contributed by atoms with Crippen molar-refractivity contribution < 1.29 is 17.9 Å². The topological polar surface area (TPSA) is 89.0 Å². The molecule has 1 saturated heterocycles. The third-order valence-electron chi connectivity index (χ3n) is 5.31. The van der Waals surface area contributed by atoms with Crippen molar-refractivity contribution in [2.45, 2.75) is 45.8 Å². The van der Waals surface area contributed by atoms with Crippen molar-refractivity contribution in [3.8, 4) is 5.75 Å². The van der Waals surface area contributed by atoms with Crippen LogP contribution in [0.3, 0.4) is 0 Å². The van der Waals surface area contributed by atoms with Gasteiger partial charge in [-0.3, -0.25) is 0 Å². The number of nitrogens with zero attached hydrogens (tertiary/aromatic N) is 1. The summed E-state index contributed by atoms with van der Waals surface area (Å²) in [6, 6.07) is 6.17. The Morgan fingerprint density at radius 2 is 2.10 bits per heavy atom. The summed E-state index contributed by atoms with van der Waals surface area (Å²) in [6.45, 7) is 7.27. The Hall–Kier alpha value is -1.07. The van der Waals surface area contributed by atoms with Crippen molar-refractivity contribution in [1.29, 1.82) is 0 Å². The number of aryl methyl sites for hydroxylation is 1. The van der Waals surface area contributed by atoms with Crippen molar-refractivity contribution in [3.63, 3.8) is 0 Å². The Bertz CT molecular complexity index is 835. The fraction of sp³-hybridized carbons (Fsp3) is 0.667. The standard InChI is InChI=1S/C21H33N3O4S.HI/c1-4-22-20(24-14-21(8-9-21)15-29(3,25)26)23-12-17-6-5-16(2)11-19(17)28-18-7-10-27-13-18;/h5-6,11,18H,4,7-10,12-15H2,1-3H3,(H2,22,23,24);1H. The predicted octanol–water partition coefficient (Wildman–Crippen LogP) is 2.66. The normalized spacial score (nSPS) is 20.4. The Kier molecular flexibility index (Phi) is 9.23. The van der Waals surface area contributed by atoms with E-state index in [0.29, 0.717) is 25.7 Å². The van der Waals surface area contributed by atoms with E-state index in [1.165, 1.54) is 6.26 Å². The van der Waals surface area contributed by atoms with Gasteiger partial charge in [-0.05, 0) is 38.3 Å². The first-order chi connectivity index (χ1) is 13.8. The van der Waals surface area contributed by atoms with E-state index < -0.39 is 9.84 Å². The van der Waals surface area contributed by atoms with Gasteiger partial charge in [0.25, 0.3) is 0 Å². The summed E-state index contributed by atoms with van der Waals surface area (Å²) in [6.07, 6.45) is 4.18. The predicted molar refractivity (Wildman–Crippen MR) is 131 cm³/mol. The average Bonchev–Trinajstić information content (AvgIpc) is 3.18. The first-order valence-electron chi connectivity index (χ1n) is 10.3. The molecule has 2 N–H and O–H groups in total. The van der Waals surface area contributed by atoms with Gasteiger partial charge in [-0.2, -0.15) is 0 Å². The lowest BCUT2D eigenvalue weighted by Crippen LogP contribution is -2.41. The molecular weight excluding hydrogens is 517 g/mol. The highest BCUT2D eigenvalue weighted by Gasteiger charge is 2.45. The van der Waals surface area contributed by atoms with Crippen LogP contribution < -0.4 is 15.4 Å². The van der Waals surface area contributed by atoms with Crippen molar-refractivity contribution in [3.05, 3.63) is 29.3 Å². The molecule has 0 amide bonds. The van der Waals surface area contributed by atoms with Crippen LogP contribution in [-0.2, 0) is 21.1 Å². The second-order valence-corrected chi connectivity index (χ2v) is 10.5. The molecule has 1 unspecified atom stereocenters. The zero-order valence-electron chi connectivity index (χ0n) is 18.1. The van der Waals surface area contributed by atoms with Crippen molar-refractivity contribution in [2.75, 3.05) is 38.3 Å². The van der Waals surface area contributed by atoms with Crippen LogP contribution in [-0.4, -0.2) is 58.8 Å². The Labute approximate surface area is 197 Å². The first-order valence-corrected chi connectivity index (χ1v) is 12.4. The van der Waals surface area contributed by atoms with E-state index >= 15 is 0 Å². The van der Waals surface area contributed by atoms with Gasteiger partial charge in [0, 0.05) is 36.7 Å². The summed E-state index contributed by atoms with van der Waals surface area (Å²) in [5.41, 5.74) is 2.02. The van der Waals surface area contributed by atoms with Gasteiger partial charge in [-0.1, -0.05) is 12.1 Å². The maximum atomic E-state index is 11.7. The van der Waals surface area contributed by atoms with Crippen LogP contribution in [0.4, 0.5) is 0 Å². The molecule has 0 bridgehead atoms. The average molecular weight is 551 g/mol. The molecule has 170 valence electrons. The van der Waals surface area contributed by atoms with Crippen LogP contribution in [0.15, 0.2) is 23.2 Å². The van der Waals surface area contributed by atoms with Crippen LogP contribution in [0.2, 0.25) is 0 Å². The third-order valence-corrected chi connectivity index (χ3v) is 6.45. The van der Waals surface area contributed by atoms with E-state index in [4.69, 9.17) is 14.5 Å². The highest BCUT2D eigenvalue weighted by atomic mass is 127. The third kappa shape index (κ3) is 7.88. The Balaban J connectivity index is 0.00000320. The van der Waals surface area contributed by atoms with Crippen LogP contribution >= 0.6 is 24.0 Å². The van der Waals surface area contributed by atoms with E-state index in [-0.39, 0.29) is 41.2 Å². The van der Waals surface area contributed by atoms with Gasteiger partial charge in [-0.15, -0.1) is 24.0 Å². The maximum absolute atomic E-state index is 11.7. The number of guanidine groups is 1. The van der Waals surface area contributed by atoms with Crippen molar-refractivity contribution >= 4 is 39.8 Å². The molecule has 3 rings (SSSR count). The zero-order valence-corrected chi connectivity index (χ0v) is 21.2. The molecule has 30 heavy (non-hydrogen) atoms. The molecule has 1 aliphatic heterocycles. The molecule has 9 heteroatoms. The summed E-state index contributed by atoms with van der Waals surface area (Å²) in [5, 5.41) is 6.58. The van der Waals surface area contributed by atoms with Crippen LogP contribution in [0.25, 0.3) is 0 Å². The number of hydrogen-bond acceptors (Lipinski definition) is 5. The number of hydrogen-bond donors (Lipinski definition) is 2. The lowest BCUT2D eigenvalue weighted by Gasteiger charge is -2.18. The van der Waals surface area contributed by atoms with E-state index in [2.05, 4.69) is 28.8 Å². The number of aliphatic imine (C=N–C) groups is 1. The quantitative estimate of drug-likeness (QED) is 0.279. The summed E-state index contributed by atoms with van der Waals surface area (Å²) < 4.78 is 34.9. The first kappa shape index (κ1) is 25.2. The molecule has 1 aliphatic carbocycles. The molecule has 2 fully saturated rings. The molecule has 1 heterocycles. The second-order valence-electron chi connectivity index (χ2n) is 8.33. The van der Waals surface area contributed by atoms with Crippen LogP contribution in [0.1, 0.15) is 37.3 Å². The molecule has 0 radical (unpaired) electrons. The van der Waals surface area contributed by atoms with Gasteiger partial charge < -0.3 is 20.1 Å². The fourth-order valence-electron chi connectivity index (χ4n) is 3.57. The molecule has 0 spiro atoms. The number of sulfone groups is 1. The summed E-state index contributed by atoms with van der Waals surface area (Å²) in [5.74, 6) is 1.78. The molecule has 0 aromatic heterocycles. The van der Waals surface area contributed by atoms with Gasteiger partial charge in [0.1, 0.15) is 21.7 Å². The number of benzene rings is 1. The monoisotopic (exact) mass is 551 g/mol. The molecule has 1 saturated carbocycles. The van der Waals surface area contributed by atoms with E-state index in [9.17, 15) is 8.42 Å². The van der Waals surface area contributed by atoms with Crippen LogP contribution in [0.5, 0.6) is 5.75 Å². The van der Waals surface area contributed by atoms with Gasteiger partial charge in [-0.25, -0.2) is 13.4 Å². The van der Waals surface area contributed by atoms with Crippen LogP contribution in [0, 0.1) is 12.3 Å². The lowest BCUT2D eigenvalue weighted by molar-refractivity contribution is 0.140. The largest absolute Gasteiger partial charge is 0.488 e. The maximum Gasteiger partial charge on any atom is 0.191 e. The molecule has 2 aliphatic rings. The van der Waals surface area contributed by atoms with Crippen molar-refractivity contribution in [1.82, 2.24) is 10.6 Å². The van der Waals surface area contributed by atoms with Gasteiger partial charge in [0.2, 0.25) is 0 Å². The molecule has 1 atom stereocenters. The number of rotatable bonds is 9. The molecule has 1 aromatic carbocycles. The molecule has 7 nitrogen and oxygen atoms in total. The minimum atomic E-state index is -2.98. The highest BCUT2D eigenvalue weighted by Crippen LogP contribution is 2.46. The number of halogens is 1. The smallest absolute Gasteiger partial charge is 0.191 e.